The van der Waals surface area contributed by atoms with E-state index in [4.69, 9.17) is 5.73 Å². The van der Waals surface area contributed by atoms with Gasteiger partial charge in [0.1, 0.15) is 0 Å². The number of benzene rings is 1. The molecule has 18 heavy (non-hydrogen) atoms. The zero-order valence-electron chi connectivity index (χ0n) is 9.75. The normalized spacial score (nSPS) is 12.0. The number of fused-ring (bicyclic) bond motifs is 1. The van der Waals surface area contributed by atoms with Crippen molar-refractivity contribution in [3.05, 3.63) is 18.3 Å². The summed E-state index contributed by atoms with van der Waals surface area (Å²) in [5.74, 6) is 0. The van der Waals surface area contributed by atoms with Gasteiger partial charge in [-0.2, -0.15) is 18.3 Å². The Hall–Kier alpha value is -1.92. The molecule has 0 spiro atoms. The van der Waals surface area contributed by atoms with E-state index in [9.17, 15) is 13.2 Å². The van der Waals surface area contributed by atoms with Crippen LogP contribution >= 0.6 is 0 Å². The fraction of sp³-hybridized carbons (Fsp3) is 0.364. The molecule has 0 radical (unpaired) electrons. The van der Waals surface area contributed by atoms with Gasteiger partial charge >= 0.3 is 6.18 Å². The number of nitrogens with two attached hydrogens (primary N) is 1. The van der Waals surface area contributed by atoms with Crippen LogP contribution in [0.3, 0.4) is 0 Å². The van der Waals surface area contributed by atoms with E-state index in [0.29, 0.717) is 11.4 Å². The van der Waals surface area contributed by atoms with Gasteiger partial charge in [0, 0.05) is 19.0 Å². The Bertz CT molecular complexity index is 547. The Morgan fingerprint density at radius 2 is 2.11 bits per heavy atom. The summed E-state index contributed by atoms with van der Waals surface area (Å²) in [6.07, 6.45) is -3.42. The summed E-state index contributed by atoms with van der Waals surface area (Å²) < 4.78 is 36.5. The molecule has 1 heterocycles. The number of hydrogen-bond donors (Lipinski definition) is 2. The third-order valence-electron chi connectivity index (χ3n) is 2.73. The molecule has 0 saturated carbocycles. The predicted molar refractivity (Wildman–Crippen MR) is 64.4 cm³/mol. The highest BCUT2D eigenvalue weighted by atomic mass is 19.4. The second kappa shape index (κ2) is 4.40. The first-order chi connectivity index (χ1) is 8.37. The van der Waals surface area contributed by atoms with E-state index < -0.39 is 12.6 Å². The Morgan fingerprint density at radius 1 is 1.39 bits per heavy atom. The van der Waals surface area contributed by atoms with Gasteiger partial charge in [-0.3, -0.25) is 5.10 Å². The Balaban J connectivity index is 2.21. The quantitative estimate of drug-likeness (QED) is 0.832. The smallest absolute Gasteiger partial charge is 0.390 e. The van der Waals surface area contributed by atoms with Gasteiger partial charge in [0.05, 0.1) is 29.5 Å². The minimum atomic E-state index is -4.17. The lowest BCUT2D eigenvalue weighted by atomic mass is 10.2. The van der Waals surface area contributed by atoms with Gasteiger partial charge in [0.15, 0.2) is 0 Å². The van der Waals surface area contributed by atoms with Crippen LogP contribution in [0.2, 0.25) is 0 Å². The average Bonchev–Trinajstić information content (AvgIpc) is 2.70. The molecule has 3 N–H and O–H groups in total. The Labute approximate surface area is 102 Å². The molecule has 0 atom stereocenters. The molecule has 2 rings (SSSR count). The highest BCUT2D eigenvalue weighted by Gasteiger charge is 2.27. The maximum Gasteiger partial charge on any atom is 0.390 e. The van der Waals surface area contributed by atoms with E-state index in [2.05, 4.69) is 10.2 Å². The molecule has 0 bridgehead atoms. The van der Waals surface area contributed by atoms with Crippen LogP contribution < -0.4 is 10.6 Å². The average molecular weight is 258 g/mol. The number of hydrogen-bond acceptors (Lipinski definition) is 3. The third-order valence-corrected chi connectivity index (χ3v) is 2.73. The monoisotopic (exact) mass is 258 g/mol. The third kappa shape index (κ3) is 2.66. The molecule has 98 valence electrons. The van der Waals surface area contributed by atoms with E-state index in [1.165, 1.54) is 4.90 Å². The summed E-state index contributed by atoms with van der Waals surface area (Å²) in [7, 11) is 1.58. The van der Waals surface area contributed by atoms with Crippen molar-refractivity contribution in [1.82, 2.24) is 10.2 Å². The van der Waals surface area contributed by atoms with Crippen LogP contribution in [0.1, 0.15) is 6.42 Å². The summed E-state index contributed by atoms with van der Waals surface area (Å²) >= 11 is 0. The number of halogens is 3. The second-order valence-electron chi connectivity index (χ2n) is 4.16. The largest absolute Gasteiger partial charge is 0.397 e. The minimum Gasteiger partial charge on any atom is -0.397 e. The summed E-state index contributed by atoms with van der Waals surface area (Å²) in [6, 6.07) is 3.40. The number of aromatic amines is 1. The molecule has 0 amide bonds. The predicted octanol–water partition coefficient (Wildman–Crippen LogP) is 2.53. The first kappa shape index (κ1) is 12.5. The molecule has 2 aromatic rings. The second-order valence-corrected chi connectivity index (χ2v) is 4.16. The van der Waals surface area contributed by atoms with E-state index in [1.54, 1.807) is 25.4 Å². The summed E-state index contributed by atoms with van der Waals surface area (Å²) in [5, 5.41) is 7.44. The van der Waals surface area contributed by atoms with E-state index in [0.717, 1.165) is 10.9 Å². The van der Waals surface area contributed by atoms with Gasteiger partial charge in [-0.1, -0.05) is 0 Å². The molecule has 0 saturated heterocycles. The number of nitrogens with zero attached hydrogens (tertiary/aromatic N) is 2. The molecule has 0 aliphatic rings. The molecular weight excluding hydrogens is 245 g/mol. The number of H-pyrrole nitrogens is 1. The lowest BCUT2D eigenvalue weighted by Gasteiger charge is -2.21. The Morgan fingerprint density at radius 3 is 2.78 bits per heavy atom. The van der Waals surface area contributed by atoms with Crippen LogP contribution in [0.4, 0.5) is 24.5 Å². The van der Waals surface area contributed by atoms with Crippen LogP contribution in [-0.4, -0.2) is 30.0 Å². The van der Waals surface area contributed by atoms with Crippen LogP contribution in [0.15, 0.2) is 18.3 Å². The molecule has 0 fully saturated rings. The van der Waals surface area contributed by atoms with Gasteiger partial charge in [-0.25, -0.2) is 0 Å². The fourth-order valence-corrected chi connectivity index (χ4v) is 1.74. The van der Waals surface area contributed by atoms with Gasteiger partial charge < -0.3 is 10.6 Å². The number of rotatable bonds is 3. The lowest BCUT2D eigenvalue weighted by Crippen LogP contribution is -2.24. The van der Waals surface area contributed by atoms with Crippen molar-refractivity contribution in [2.75, 3.05) is 24.2 Å². The molecule has 1 aromatic heterocycles. The van der Waals surface area contributed by atoms with Crippen LogP contribution in [0.25, 0.3) is 10.9 Å². The number of nitrogen functional groups attached to an aromatic ring is 1. The highest BCUT2D eigenvalue weighted by Crippen LogP contribution is 2.28. The standard InChI is InChI=1S/C11H13F3N4/c1-18(3-2-11(12,13)14)10-5-9-7(4-8(10)15)6-16-17-9/h4-6H,2-3,15H2,1H3,(H,16,17). The SMILES string of the molecule is CN(CCC(F)(F)F)c1cc2[nH]ncc2cc1N. The van der Waals surface area contributed by atoms with Crippen molar-refractivity contribution in [3.63, 3.8) is 0 Å². The number of nitrogens with one attached hydrogen (secondary N) is 1. The molecule has 1 aromatic carbocycles. The maximum absolute atomic E-state index is 12.2. The van der Waals surface area contributed by atoms with Crippen molar-refractivity contribution in [3.8, 4) is 0 Å². The van der Waals surface area contributed by atoms with Crippen molar-refractivity contribution in [2.45, 2.75) is 12.6 Å². The molecule has 0 unspecified atom stereocenters. The Kier molecular flexibility index (Phi) is 3.06. The fourth-order valence-electron chi connectivity index (χ4n) is 1.74. The van der Waals surface area contributed by atoms with Crippen LogP contribution in [0, 0.1) is 0 Å². The van der Waals surface area contributed by atoms with Gasteiger partial charge in [-0.15, -0.1) is 0 Å². The van der Waals surface area contributed by atoms with E-state index in [-0.39, 0.29) is 6.54 Å². The van der Waals surface area contributed by atoms with Gasteiger partial charge in [-0.05, 0) is 12.1 Å². The molecular formula is C11H13F3N4. The first-order valence-corrected chi connectivity index (χ1v) is 5.37. The van der Waals surface area contributed by atoms with Crippen LogP contribution in [0.5, 0.6) is 0 Å². The van der Waals surface area contributed by atoms with Crippen molar-refractivity contribution in [1.29, 1.82) is 0 Å². The molecule has 7 heteroatoms. The summed E-state index contributed by atoms with van der Waals surface area (Å²) in [6.45, 7) is -0.132. The number of aromatic nitrogens is 2. The molecule has 4 nitrogen and oxygen atoms in total. The van der Waals surface area contributed by atoms with Crippen molar-refractivity contribution < 1.29 is 13.2 Å². The van der Waals surface area contributed by atoms with Gasteiger partial charge in [0.2, 0.25) is 0 Å². The van der Waals surface area contributed by atoms with Crippen LogP contribution in [-0.2, 0) is 0 Å². The zero-order chi connectivity index (χ0) is 13.3. The summed E-state index contributed by atoms with van der Waals surface area (Å²) in [4.78, 5) is 1.49. The van der Waals surface area contributed by atoms with Gasteiger partial charge in [0.25, 0.3) is 0 Å². The first-order valence-electron chi connectivity index (χ1n) is 5.37. The topological polar surface area (TPSA) is 57.9 Å². The summed E-state index contributed by atoms with van der Waals surface area (Å²) in [5.41, 5.74) is 7.57. The minimum absolute atomic E-state index is 0.132. The number of anilines is 2. The van der Waals surface area contributed by atoms with E-state index in [1.807, 2.05) is 0 Å². The molecule has 0 aliphatic carbocycles. The zero-order valence-corrected chi connectivity index (χ0v) is 9.75. The number of alkyl halides is 3. The van der Waals surface area contributed by atoms with Crippen molar-refractivity contribution >= 4 is 22.3 Å². The van der Waals surface area contributed by atoms with Crippen molar-refractivity contribution in [2.24, 2.45) is 0 Å². The lowest BCUT2D eigenvalue weighted by molar-refractivity contribution is -0.132. The maximum atomic E-state index is 12.2. The highest BCUT2D eigenvalue weighted by molar-refractivity contribution is 5.88. The van der Waals surface area contributed by atoms with E-state index >= 15 is 0 Å². The molecule has 0 aliphatic heterocycles.